The first-order chi connectivity index (χ1) is 8.18. The van der Waals surface area contributed by atoms with Gasteiger partial charge in [0.25, 0.3) is 0 Å². The van der Waals surface area contributed by atoms with Crippen molar-refractivity contribution in [2.24, 2.45) is 0 Å². The van der Waals surface area contributed by atoms with E-state index in [9.17, 15) is 4.79 Å². The number of nitrogens with zero attached hydrogens (tertiary/aromatic N) is 1. The normalized spacial score (nSPS) is 18.0. The molecule has 17 heavy (non-hydrogen) atoms. The Kier molecular flexibility index (Phi) is 2.04. The van der Waals surface area contributed by atoms with E-state index in [1.54, 1.807) is 0 Å². The molecule has 4 nitrogen and oxygen atoms in total. The minimum absolute atomic E-state index is 0.0626. The Labute approximate surface area is 98.6 Å². The highest BCUT2D eigenvalue weighted by molar-refractivity contribution is 6.02. The number of benzene rings is 1. The smallest absolute Gasteiger partial charge is 0.234 e. The SMILES string of the molecule is Cc1noc2c1-c1ccccc1NC(=O)C2C. The molecule has 3 rings (SSSR count). The van der Waals surface area contributed by atoms with Crippen molar-refractivity contribution in [3.05, 3.63) is 35.7 Å². The van der Waals surface area contributed by atoms with Gasteiger partial charge in [-0.3, -0.25) is 4.79 Å². The molecule has 1 aliphatic rings. The van der Waals surface area contributed by atoms with Crippen LogP contribution in [0.25, 0.3) is 11.1 Å². The Morgan fingerprint density at radius 3 is 2.94 bits per heavy atom. The Bertz CT molecular complexity index is 601. The molecule has 0 saturated heterocycles. The van der Waals surface area contributed by atoms with Gasteiger partial charge in [-0.05, 0) is 19.9 Å². The van der Waals surface area contributed by atoms with Gasteiger partial charge in [0.15, 0.2) is 5.76 Å². The van der Waals surface area contributed by atoms with E-state index in [4.69, 9.17) is 4.52 Å². The van der Waals surface area contributed by atoms with Crippen molar-refractivity contribution in [2.75, 3.05) is 5.32 Å². The molecule has 4 heteroatoms. The first-order valence-corrected chi connectivity index (χ1v) is 5.55. The van der Waals surface area contributed by atoms with Crippen LogP contribution in [0, 0.1) is 6.92 Å². The number of aromatic nitrogens is 1. The average Bonchev–Trinajstić information content (AvgIpc) is 2.66. The van der Waals surface area contributed by atoms with Gasteiger partial charge in [-0.2, -0.15) is 0 Å². The molecule has 1 aromatic carbocycles. The first kappa shape index (κ1) is 10.1. The van der Waals surface area contributed by atoms with Gasteiger partial charge in [0.05, 0.1) is 17.2 Å². The minimum atomic E-state index is -0.321. The molecule has 2 aromatic rings. The molecular formula is C13H12N2O2. The maximum absolute atomic E-state index is 11.9. The summed E-state index contributed by atoms with van der Waals surface area (Å²) in [6.07, 6.45) is 0. The summed E-state index contributed by atoms with van der Waals surface area (Å²) < 4.78 is 5.30. The van der Waals surface area contributed by atoms with Crippen molar-refractivity contribution in [1.29, 1.82) is 0 Å². The third-order valence-corrected chi connectivity index (χ3v) is 3.13. The second-order valence-electron chi connectivity index (χ2n) is 4.26. The number of anilines is 1. The summed E-state index contributed by atoms with van der Waals surface area (Å²) in [7, 11) is 0. The van der Waals surface area contributed by atoms with Gasteiger partial charge in [-0.1, -0.05) is 23.4 Å². The maximum Gasteiger partial charge on any atom is 0.234 e. The van der Waals surface area contributed by atoms with Gasteiger partial charge in [-0.25, -0.2) is 0 Å². The molecule has 1 amide bonds. The number of amides is 1. The number of hydrogen-bond acceptors (Lipinski definition) is 3. The summed E-state index contributed by atoms with van der Waals surface area (Å²) in [5.74, 6) is 0.260. The Morgan fingerprint density at radius 1 is 1.35 bits per heavy atom. The fourth-order valence-corrected chi connectivity index (χ4v) is 2.18. The fraction of sp³-hybridized carbons (Fsp3) is 0.231. The van der Waals surface area contributed by atoms with Crippen LogP contribution in [-0.4, -0.2) is 11.1 Å². The van der Waals surface area contributed by atoms with Gasteiger partial charge < -0.3 is 9.84 Å². The lowest BCUT2D eigenvalue weighted by Crippen LogP contribution is -2.16. The van der Waals surface area contributed by atoms with Crippen molar-refractivity contribution < 1.29 is 9.32 Å². The highest BCUT2D eigenvalue weighted by Gasteiger charge is 2.30. The zero-order valence-corrected chi connectivity index (χ0v) is 9.65. The lowest BCUT2D eigenvalue weighted by Gasteiger charge is -2.06. The van der Waals surface area contributed by atoms with Gasteiger partial charge >= 0.3 is 0 Å². The summed E-state index contributed by atoms with van der Waals surface area (Å²) in [6.45, 7) is 3.71. The highest BCUT2D eigenvalue weighted by Crippen LogP contribution is 2.39. The van der Waals surface area contributed by atoms with Crippen LogP contribution < -0.4 is 5.32 Å². The summed E-state index contributed by atoms with van der Waals surface area (Å²) in [5, 5.41) is 6.87. The third-order valence-electron chi connectivity index (χ3n) is 3.13. The molecular weight excluding hydrogens is 216 g/mol. The fourth-order valence-electron chi connectivity index (χ4n) is 2.18. The van der Waals surface area contributed by atoms with Gasteiger partial charge in [0.1, 0.15) is 0 Å². The van der Waals surface area contributed by atoms with Crippen molar-refractivity contribution in [1.82, 2.24) is 5.16 Å². The van der Waals surface area contributed by atoms with Crippen molar-refractivity contribution >= 4 is 11.6 Å². The van der Waals surface area contributed by atoms with Crippen molar-refractivity contribution in [3.63, 3.8) is 0 Å². The predicted octanol–water partition coefficient (Wildman–Crippen LogP) is 2.71. The van der Waals surface area contributed by atoms with Crippen LogP contribution in [0.15, 0.2) is 28.8 Å². The predicted molar refractivity (Wildman–Crippen MR) is 63.7 cm³/mol. The summed E-state index contributed by atoms with van der Waals surface area (Å²) >= 11 is 0. The molecule has 1 aliphatic heterocycles. The van der Waals surface area contributed by atoms with Crippen LogP contribution in [0.1, 0.15) is 24.3 Å². The molecule has 1 N–H and O–H groups in total. The molecule has 0 saturated carbocycles. The van der Waals surface area contributed by atoms with E-state index in [2.05, 4.69) is 10.5 Å². The first-order valence-electron chi connectivity index (χ1n) is 5.55. The van der Waals surface area contributed by atoms with Crippen LogP contribution in [0.5, 0.6) is 0 Å². The number of hydrogen-bond donors (Lipinski definition) is 1. The summed E-state index contributed by atoms with van der Waals surface area (Å²) in [6, 6.07) is 7.70. The number of nitrogens with one attached hydrogen (secondary N) is 1. The van der Waals surface area contributed by atoms with E-state index < -0.39 is 0 Å². The maximum atomic E-state index is 11.9. The Hall–Kier alpha value is -2.10. The van der Waals surface area contributed by atoms with Crippen LogP contribution >= 0.6 is 0 Å². The number of rotatable bonds is 0. The van der Waals surface area contributed by atoms with Gasteiger partial charge in [-0.15, -0.1) is 0 Å². The van der Waals surface area contributed by atoms with E-state index >= 15 is 0 Å². The minimum Gasteiger partial charge on any atom is -0.360 e. The summed E-state index contributed by atoms with van der Waals surface area (Å²) in [4.78, 5) is 11.9. The van der Waals surface area contributed by atoms with Crippen LogP contribution in [0.2, 0.25) is 0 Å². The standard InChI is InChI=1S/C13H12N2O2/c1-7-12-11(8(2)15-17-12)9-5-3-4-6-10(9)14-13(7)16/h3-7H,1-2H3,(H,14,16). The second kappa shape index (κ2) is 3.45. The molecule has 1 aromatic heterocycles. The van der Waals surface area contributed by atoms with E-state index in [1.807, 2.05) is 38.1 Å². The second-order valence-corrected chi connectivity index (χ2v) is 4.26. The topological polar surface area (TPSA) is 55.1 Å². The average molecular weight is 228 g/mol. The molecule has 86 valence electrons. The molecule has 0 radical (unpaired) electrons. The quantitative estimate of drug-likeness (QED) is 0.754. The zero-order chi connectivity index (χ0) is 12.0. The van der Waals surface area contributed by atoms with Crippen LogP contribution in [0.3, 0.4) is 0 Å². The Morgan fingerprint density at radius 2 is 2.12 bits per heavy atom. The number of carbonyl (C=O) groups excluding carboxylic acids is 1. The van der Waals surface area contributed by atoms with Crippen LogP contribution in [-0.2, 0) is 4.79 Å². The summed E-state index contributed by atoms with van der Waals surface area (Å²) in [5.41, 5.74) is 3.54. The molecule has 0 fully saturated rings. The van der Waals surface area contributed by atoms with E-state index in [1.165, 1.54) is 0 Å². The molecule has 0 aliphatic carbocycles. The number of para-hydroxylation sites is 1. The lowest BCUT2D eigenvalue weighted by atomic mass is 9.98. The number of carbonyl (C=O) groups is 1. The van der Waals surface area contributed by atoms with Gasteiger partial charge in [0, 0.05) is 11.3 Å². The van der Waals surface area contributed by atoms with E-state index in [-0.39, 0.29) is 11.8 Å². The lowest BCUT2D eigenvalue weighted by molar-refractivity contribution is -0.117. The highest BCUT2D eigenvalue weighted by atomic mass is 16.5. The third kappa shape index (κ3) is 1.37. The van der Waals surface area contributed by atoms with E-state index in [0.29, 0.717) is 5.76 Å². The van der Waals surface area contributed by atoms with E-state index in [0.717, 1.165) is 22.5 Å². The van der Waals surface area contributed by atoms with Gasteiger partial charge in [0.2, 0.25) is 5.91 Å². The number of aryl methyl sites for hydroxylation is 1. The molecule has 0 bridgehead atoms. The van der Waals surface area contributed by atoms with Crippen molar-refractivity contribution in [2.45, 2.75) is 19.8 Å². The largest absolute Gasteiger partial charge is 0.360 e. The Balaban J connectivity index is 2.35. The van der Waals surface area contributed by atoms with Crippen LogP contribution in [0.4, 0.5) is 5.69 Å². The molecule has 1 atom stereocenters. The molecule has 2 heterocycles. The monoisotopic (exact) mass is 228 g/mol. The molecule has 0 spiro atoms. The zero-order valence-electron chi connectivity index (χ0n) is 9.65. The van der Waals surface area contributed by atoms with Crippen molar-refractivity contribution in [3.8, 4) is 11.1 Å². The molecule has 1 unspecified atom stereocenters. The number of fused-ring (bicyclic) bond motifs is 3.